The lowest BCUT2D eigenvalue weighted by atomic mass is 10.1. The maximum atomic E-state index is 12.2. The molecule has 1 N–H and O–H groups in total. The number of para-hydroxylation sites is 1. The van der Waals surface area contributed by atoms with E-state index in [0.29, 0.717) is 6.42 Å². The number of anilines is 1. The molecule has 0 bridgehead atoms. The Labute approximate surface area is 114 Å². The predicted octanol–water partition coefficient (Wildman–Crippen LogP) is 1.35. The van der Waals surface area contributed by atoms with E-state index in [1.165, 1.54) is 5.69 Å². The first-order valence-electron chi connectivity index (χ1n) is 6.96. The first kappa shape index (κ1) is 13.9. The van der Waals surface area contributed by atoms with E-state index in [-0.39, 0.29) is 18.4 Å². The van der Waals surface area contributed by atoms with Gasteiger partial charge in [-0.15, -0.1) is 0 Å². The van der Waals surface area contributed by atoms with E-state index in [1.54, 1.807) is 0 Å². The fourth-order valence-electron chi connectivity index (χ4n) is 2.46. The smallest absolute Gasteiger partial charge is 0.228 e. The summed E-state index contributed by atoms with van der Waals surface area (Å²) in [6, 6.07) is 10.3. The Morgan fingerprint density at radius 3 is 2.37 bits per heavy atom. The first-order valence-corrected chi connectivity index (χ1v) is 6.96. The van der Waals surface area contributed by atoms with Gasteiger partial charge in [-0.25, -0.2) is 0 Å². The second-order valence-corrected chi connectivity index (χ2v) is 4.94. The van der Waals surface area contributed by atoms with Gasteiger partial charge in [-0.05, 0) is 18.6 Å². The van der Waals surface area contributed by atoms with Crippen molar-refractivity contribution >= 4 is 11.6 Å². The topological polar surface area (TPSA) is 43.8 Å². The summed E-state index contributed by atoms with van der Waals surface area (Å²) < 4.78 is 0. The highest BCUT2D eigenvalue weighted by atomic mass is 16.3. The molecule has 1 aromatic carbocycles. The Kier molecular flexibility index (Phi) is 4.80. The van der Waals surface area contributed by atoms with Crippen molar-refractivity contribution in [2.45, 2.75) is 13.3 Å². The van der Waals surface area contributed by atoms with Crippen LogP contribution in [0.5, 0.6) is 0 Å². The molecule has 0 spiro atoms. The van der Waals surface area contributed by atoms with E-state index in [4.69, 9.17) is 0 Å². The van der Waals surface area contributed by atoms with Crippen LogP contribution in [0, 0.1) is 5.92 Å². The zero-order valence-electron chi connectivity index (χ0n) is 11.5. The lowest BCUT2D eigenvalue weighted by molar-refractivity contribution is -0.137. The summed E-state index contributed by atoms with van der Waals surface area (Å²) >= 11 is 0. The highest BCUT2D eigenvalue weighted by Crippen LogP contribution is 2.17. The number of hydrogen-bond donors (Lipinski definition) is 1. The molecule has 0 aliphatic carbocycles. The molecule has 1 aliphatic heterocycles. The van der Waals surface area contributed by atoms with Crippen LogP contribution in [0.2, 0.25) is 0 Å². The van der Waals surface area contributed by atoms with Gasteiger partial charge in [0.1, 0.15) is 0 Å². The lowest BCUT2D eigenvalue weighted by Crippen LogP contribution is -2.50. The number of benzene rings is 1. The van der Waals surface area contributed by atoms with Crippen LogP contribution in [-0.4, -0.2) is 48.7 Å². The van der Waals surface area contributed by atoms with E-state index in [2.05, 4.69) is 17.0 Å². The molecule has 1 aliphatic rings. The molecule has 2 rings (SSSR count). The van der Waals surface area contributed by atoms with Gasteiger partial charge in [0.25, 0.3) is 0 Å². The number of nitrogens with zero attached hydrogens (tertiary/aromatic N) is 2. The van der Waals surface area contributed by atoms with Gasteiger partial charge in [0.05, 0.1) is 12.5 Å². The molecule has 4 heteroatoms. The summed E-state index contributed by atoms with van der Waals surface area (Å²) in [4.78, 5) is 16.3. The van der Waals surface area contributed by atoms with E-state index >= 15 is 0 Å². The monoisotopic (exact) mass is 262 g/mol. The Morgan fingerprint density at radius 1 is 1.21 bits per heavy atom. The molecule has 0 radical (unpaired) electrons. The van der Waals surface area contributed by atoms with Crippen LogP contribution in [0.3, 0.4) is 0 Å². The number of amides is 1. The summed E-state index contributed by atoms with van der Waals surface area (Å²) in [7, 11) is 0. The third-order valence-corrected chi connectivity index (χ3v) is 3.78. The highest BCUT2D eigenvalue weighted by Gasteiger charge is 2.25. The Bertz CT molecular complexity index is 396. The van der Waals surface area contributed by atoms with Crippen LogP contribution in [0.4, 0.5) is 5.69 Å². The van der Waals surface area contributed by atoms with Crippen LogP contribution >= 0.6 is 0 Å². The van der Waals surface area contributed by atoms with Crippen molar-refractivity contribution in [3.05, 3.63) is 30.3 Å². The number of carbonyl (C=O) groups is 1. The van der Waals surface area contributed by atoms with E-state index < -0.39 is 0 Å². The second-order valence-electron chi connectivity index (χ2n) is 4.94. The molecule has 19 heavy (non-hydrogen) atoms. The SMILES string of the molecule is CCC(CO)C(=O)N1CCN(c2ccccc2)CC1. The molecule has 1 saturated heterocycles. The molecule has 1 aromatic rings. The van der Waals surface area contributed by atoms with Gasteiger partial charge in [-0.1, -0.05) is 25.1 Å². The normalized spacial score (nSPS) is 17.4. The van der Waals surface area contributed by atoms with Crippen molar-refractivity contribution in [1.82, 2.24) is 4.90 Å². The minimum atomic E-state index is -0.233. The van der Waals surface area contributed by atoms with Gasteiger partial charge in [-0.3, -0.25) is 4.79 Å². The second kappa shape index (κ2) is 6.57. The zero-order chi connectivity index (χ0) is 13.7. The summed E-state index contributed by atoms with van der Waals surface area (Å²) in [5.41, 5.74) is 1.21. The third-order valence-electron chi connectivity index (χ3n) is 3.78. The molecule has 1 unspecified atom stereocenters. The molecule has 4 nitrogen and oxygen atoms in total. The summed E-state index contributed by atoms with van der Waals surface area (Å²) in [5.74, 6) is -0.138. The minimum Gasteiger partial charge on any atom is -0.396 e. The van der Waals surface area contributed by atoms with Crippen molar-refractivity contribution in [2.75, 3.05) is 37.7 Å². The average molecular weight is 262 g/mol. The van der Waals surface area contributed by atoms with Crippen LogP contribution in [0.25, 0.3) is 0 Å². The molecule has 104 valence electrons. The number of carbonyl (C=O) groups excluding carboxylic acids is 1. The standard InChI is InChI=1S/C15H22N2O2/c1-2-13(12-18)15(19)17-10-8-16(9-11-17)14-6-4-3-5-7-14/h3-7,13,18H,2,8-12H2,1H3. The van der Waals surface area contributed by atoms with Crippen molar-refractivity contribution < 1.29 is 9.90 Å². The molecule has 1 heterocycles. The van der Waals surface area contributed by atoms with Gasteiger partial charge >= 0.3 is 0 Å². The quantitative estimate of drug-likeness (QED) is 0.891. The zero-order valence-corrected chi connectivity index (χ0v) is 11.5. The van der Waals surface area contributed by atoms with E-state index in [0.717, 1.165) is 26.2 Å². The number of rotatable bonds is 4. The van der Waals surface area contributed by atoms with Gasteiger partial charge < -0.3 is 14.9 Å². The number of aliphatic hydroxyl groups excluding tert-OH is 1. The Hall–Kier alpha value is -1.55. The van der Waals surface area contributed by atoms with Crippen molar-refractivity contribution in [2.24, 2.45) is 5.92 Å². The largest absolute Gasteiger partial charge is 0.396 e. The van der Waals surface area contributed by atoms with Gasteiger partial charge in [-0.2, -0.15) is 0 Å². The Balaban J connectivity index is 1.91. The number of hydrogen-bond acceptors (Lipinski definition) is 3. The number of aliphatic hydroxyl groups is 1. The highest BCUT2D eigenvalue weighted by molar-refractivity contribution is 5.79. The molecular weight excluding hydrogens is 240 g/mol. The minimum absolute atomic E-state index is 0.0474. The van der Waals surface area contributed by atoms with Crippen molar-refractivity contribution in [3.8, 4) is 0 Å². The van der Waals surface area contributed by atoms with Crippen molar-refractivity contribution in [1.29, 1.82) is 0 Å². The molecule has 0 saturated carbocycles. The summed E-state index contributed by atoms with van der Waals surface area (Å²) in [5, 5.41) is 9.20. The van der Waals surface area contributed by atoms with Crippen LogP contribution in [0.1, 0.15) is 13.3 Å². The fourth-order valence-corrected chi connectivity index (χ4v) is 2.46. The van der Waals surface area contributed by atoms with Crippen LogP contribution < -0.4 is 4.90 Å². The summed E-state index contributed by atoms with van der Waals surface area (Å²) in [6.07, 6.45) is 0.703. The maximum absolute atomic E-state index is 12.2. The van der Waals surface area contributed by atoms with Crippen LogP contribution in [0.15, 0.2) is 30.3 Å². The average Bonchev–Trinajstić information content (AvgIpc) is 2.49. The molecule has 1 fully saturated rings. The Morgan fingerprint density at radius 2 is 1.84 bits per heavy atom. The molecule has 1 amide bonds. The van der Waals surface area contributed by atoms with E-state index in [9.17, 15) is 9.90 Å². The molecule has 0 aromatic heterocycles. The maximum Gasteiger partial charge on any atom is 0.228 e. The van der Waals surface area contributed by atoms with Gasteiger partial charge in [0.15, 0.2) is 0 Å². The van der Waals surface area contributed by atoms with Gasteiger partial charge in [0, 0.05) is 31.9 Å². The fraction of sp³-hybridized carbons (Fsp3) is 0.533. The van der Waals surface area contributed by atoms with Crippen molar-refractivity contribution in [3.63, 3.8) is 0 Å². The lowest BCUT2D eigenvalue weighted by Gasteiger charge is -2.37. The number of piperazine rings is 1. The van der Waals surface area contributed by atoms with Gasteiger partial charge in [0.2, 0.25) is 5.91 Å². The first-order chi connectivity index (χ1) is 9.26. The van der Waals surface area contributed by atoms with E-state index in [1.807, 2.05) is 30.0 Å². The van der Waals surface area contributed by atoms with Crippen LogP contribution in [-0.2, 0) is 4.79 Å². The molecule has 1 atom stereocenters. The summed E-state index contributed by atoms with van der Waals surface area (Å²) in [6.45, 7) is 5.09. The molecular formula is C15H22N2O2. The predicted molar refractivity (Wildman–Crippen MR) is 76.1 cm³/mol. The third kappa shape index (κ3) is 3.26.